The van der Waals surface area contributed by atoms with Crippen molar-refractivity contribution in [3.05, 3.63) is 0 Å². The minimum atomic E-state index is -0.889. The van der Waals surface area contributed by atoms with E-state index in [1.165, 1.54) is 0 Å². The van der Waals surface area contributed by atoms with Crippen molar-refractivity contribution < 1.29 is 9.53 Å². The van der Waals surface area contributed by atoms with E-state index in [-0.39, 0.29) is 12.0 Å². The molecule has 0 aromatic carbocycles. The summed E-state index contributed by atoms with van der Waals surface area (Å²) in [5, 5.41) is 0. The average Bonchev–Trinajstić information content (AvgIpc) is 2.03. The Morgan fingerprint density at radius 2 is 2.07 bits per heavy atom. The van der Waals surface area contributed by atoms with E-state index < -0.39 is 4.75 Å². The molecular formula is C10H21NO2S. The second-order valence-corrected chi connectivity index (χ2v) is 5.03. The van der Waals surface area contributed by atoms with Crippen LogP contribution in [0.1, 0.15) is 34.1 Å². The number of hydrogen-bond acceptors (Lipinski definition) is 4. The Balaban J connectivity index is 4.35. The highest BCUT2D eigenvalue weighted by atomic mass is 32.1. The van der Waals surface area contributed by atoms with E-state index in [0.717, 1.165) is 6.42 Å². The van der Waals surface area contributed by atoms with Crippen LogP contribution in [0, 0.1) is 5.92 Å². The Kier molecular flexibility index (Phi) is 5.52. The molecule has 0 aliphatic carbocycles. The minimum Gasteiger partial charge on any atom is -0.465 e. The molecule has 0 saturated carbocycles. The number of nitrogens with two attached hydrogens (primary N) is 1. The number of esters is 1. The van der Waals surface area contributed by atoms with E-state index >= 15 is 0 Å². The van der Waals surface area contributed by atoms with Gasteiger partial charge in [-0.05, 0) is 26.2 Å². The van der Waals surface area contributed by atoms with Gasteiger partial charge < -0.3 is 10.5 Å². The molecule has 0 aliphatic heterocycles. The minimum absolute atomic E-state index is 0.273. The Hall–Kier alpha value is -0.220. The summed E-state index contributed by atoms with van der Waals surface area (Å²) in [6.07, 6.45) is 0.763. The van der Waals surface area contributed by atoms with Gasteiger partial charge in [-0.3, -0.25) is 4.79 Å². The second kappa shape index (κ2) is 5.61. The molecule has 0 spiro atoms. The van der Waals surface area contributed by atoms with Crippen molar-refractivity contribution in [2.75, 3.05) is 6.61 Å². The lowest BCUT2D eigenvalue weighted by Crippen LogP contribution is -2.48. The van der Waals surface area contributed by atoms with E-state index in [4.69, 9.17) is 10.5 Å². The molecule has 0 saturated heterocycles. The predicted octanol–water partition coefficient (Wildman–Crippen LogP) is 1.61. The van der Waals surface area contributed by atoms with Crippen LogP contribution in [-0.4, -0.2) is 23.4 Å². The lowest BCUT2D eigenvalue weighted by molar-refractivity contribution is -0.146. The molecule has 2 N–H and O–H groups in total. The Labute approximate surface area is 91.8 Å². The second-order valence-electron chi connectivity index (χ2n) is 4.10. The maximum absolute atomic E-state index is 11.5. The maximum Gasteiger partial charge on any atom is 0.323 e. The van der Waals surface area contributed by atoms with Gasteiger partial charge in [0.05, 0.1) is 6.61 Å². The van der Waals surface area contributed by atoms with E-state index in [1.807, 2.05) is 0 Å². The van der Waals surface area contributed by atoms with Crippen LogP contribution in [0.2, 0.25) is 0 Å². The summed E-state index contributed by atoms with van der Waals surface area (Å²) in [7, 11) is 0. The first-order valence-corrected chi connectivity index (χ1v) is 5.42. The van der Waals surface area contributed by atoms with Gasteiger partial charge in [-0.15, -0.1) is 0 Å². The molecule has 0 aromatic rings. The number of carbonyl (C=O) groups is 1. The van der Waals surface area contributed by atoms with Crippen molar-refractivity contribution in [2.45, 2.75) is 44.9 Å². The molecular weight excluding hydrogens is 198 g/mol. The van der Waals surface area contributed by atoms with Crippen LogP contribution < -0.4 is 5.73 Å². The lowest BCUT2D eigenvalue weighted by Gasteiger charge is -2.29. The van der Waals surface area contributed by atoms with Gasteiger partial charge >= 0.3 is 5.97 Å². The third kappa shape index (κ3) is 3.88. The third-order valence-corrected chi connectivity index (χ3v) is 2.65. The molecule has 2 unspecified atom stereocenters. The van der Waals surface area contributed by atoms with E-state index in [2.05, 4.69) is 26.5 Å². The highest BCUT2D eigenvalue weighted by Gasteiger charge is 2.37. The summed E-state index contributed by atoms with van der Waals surface area (Å²) in [4.78, 5) is 11.5. The van der Waals surface area contributed by atoms with Gasteiger partial charge in [0, 0.05) is 6.04 Å². The summed E-state index contributed by atoms with van der Waals surface area (Å²) >= 11 is 4.29. The highest BCUT2D eigenvalue weighted by Crippen LogP contribution is 2.23. The normalized spacial score (nSPS) is 17.6. The molecule has 0 bridgehead atoms. The van der Waals surface area contributed by atoms with Crippen LogP contribution in [0.3, 0.4) is 0 Å². The van der Waals surface area contributed by atoms with Gasteiger partial charge in [-0.1, -0.05) is 13.8 Å². The van der Waals surface area contributed by atoms with Crippen LogP contribution in [0.15, 0.2) is 0 Å². The Morgan fingerprint density at radius 3 is 2.43 bits per heavy atom. The van der Waals surface area contributed by atoms with Crippen molar-refractivity contribution in [1.29, 1.82) is 0 Å². The Morgan fingerprint density at radius 1 is 1.57 bits per heavy atom. The zero-order valence-electron chi connectivity index (χ0n) is 9.41. The van der Waals surface area contributed by atoms with Crippen molar-refractivity contribution in [1.82, 2.24) is 0 Å². The van der Waals surface area contributed by atoms with Crippen LogP contribution in [0.4, 0.5) is 0 Å². The van der Waals surface area contributed by atoms with E-state index in [0.29, 0.717) is 12.5 Å². The number of hydrogen-bond donors (Lipinski definition) is 2. The fourth-order valence-electron chi connectivity index (χ4n) is 1.17. The summed E-state index contributed by atoms with van der Waals surface area (Å²) < 4.78 is 4.03. The molecule has 4 heteroatoms. The molecule has 0 amide bonds. The zero-order valence-corrected chi connectivity index (χ0v) is 10.3. The fraction of sp³-hybridized carbons (Fsp3) is 0.900. The van der Waals surface area contributed by atoms with Gasteiger partial charge in [-0.25, -0.2) is 0 Å². The first kappa shape index (κ1) is 13.8. The van der Waals surface area contributed by atoms with Gasteiger partial charge in [0.15, 0.2) is 0 Å². The predicted molar refractivity (Wildman–Crippen MR) is 61.5 cm³/mol. The summed E-state index contributed by atoms with van der Waals surface area (Å²) in [5.74, 6) is 0.113. The standard InChI is InChI=1S/C10H21NO2S/c1-5-13-9(12)10(4,14)8(11)6-7(2)3/h7-8,14H,5-6,11H2,1-4H3. The Bertz CT molecular complexity index is 193. The summed E-state index contributed by atoms with van der Waals surface area (Å²) in [5.41, 5.74) is 5.91. The van der Waals surface area contributed by atoms with Crippen LogP contribution in [0.5, 0.6) is 0 Å². The van der Waals surface area contributed by atoms with Crippen molar-refractivity contribution in [2.24, 2.45) is 11.7 Å². The first-order valence-electron chi connectivity index (χ1n) is 4.97. The number of thiol groups is 1. The van der Waals surface area contributed by atoms with Crippen LogP contribution in [-0.2, 0) is 9.53 Å². The molecule has 0 fully saturated rings. The first-order chi connectivity index (χ1) is 6.32. The highest BCUT2D eigenvalue weighted by molar-refractivity contribution is 7.82. The molecule has 0 heterocycles. The topological polar surface area (TPSA) is 52.3 Å². The van der Waals surface area contributed by atoms with Crippen molar-refractivity contribution in [3.8, 4) is 0 Å². The largest absolute Gasteiger partial charge is 0.465 e. The van der Waals surface area contributed by atoms with Gasteiger partial charge in [0.2, 0.25) is 0 Å². The van der Waals surface area contributed by atoms with Gasteiger partial charge in [-0.2, -0.15) is 12.6 Å². The quantitative estimate of drug-likeness (QED) is 0.545. The van der Waals surface area contributed by atoms with Crippen LogP contribution >= 0.6 is 12.6 Å². The van der Waals surface area contributed by atoms with Gasteiger partial charge in [0.25, 0.3) is 0 Å². The van der Waals surface area contributed by atoms with Crippen LogP contribution in [0.25, 0.3) is 0 Å². The molecule has 0 aliphatic rings. The SMILES string of the molecule is CCOC(=O)C(C)(S)C(N)CC(C)C. The number of rotatable bonds is 5. The molecule has 0 rings (SSSR count). The number of ether oxygens (including phenoxy) is 1. The lowest BCUT2D eigenvalue weighted by atomic mass is 9.93. The van der Waals surface area contributed by atoms with E-state index in [9.17, 15) is 4.79 Å². The maximum atomic E-state index is 11.5. The number of carbonyl (C=O) groups excluding carboxylic acids is 1. The smallest absolute Gasteiger partial charge is 0.323 e. The molecule has 84 valence electrons. The monoisotopic (exact) mass is 219 g/mol. The molecule has 14 heavy (non-hydrogen) atoms. The van der Waals surface area contributed by atoms with Crippen molar-refractivity contribution >= 4 is 18.6 Å². The van der Waals surface area contributed by atoms with E-state index in [1.54, 1.807) is 13.8 Å². The molecule has 3 nitrogen and oxygen atoms in total. The average molecular weight is 219 g/mol. The van der Waals surface area contributed by atoms with Crippen molar-refractivity contribution in [3.63, 3.8) is 0 Å². The molecule has 0 aromatic heterocycles. The summed E-state index contributed by atoms with van der Waals surface area (Å²) in [6, 6.07) is -0.273. The fourth-order valence-corrected chi connectivity index (χ4v) is 1.34. The molecule has 2 atom stereocenters. The molecule has 0 radical (unpaired) electrons. The third-order valence-electron chi connectivity index (χ3n) is 2.14. The van der Waals surface area contributed by atoms with Gasteiger partial charge in [0.1, 0.15) is 4.75 Å². The zero-order chi connectivity index (χ0) is 11.4. The summed E-state index contributed by atoms with van der Waals surface area (Å²) in [6.45, 7) is 7.98.